The Hall–Kier alpha value is -3.10. The zero-order valence-electron chi connectivity index (χ0n) is 19.8. The smallest absolute Gasteiger partial charge is 0.383 e. The molecule has 3 rings (SSSR count). The minimum Gasteiger partial charge on any atom is -0.383 e. The van der Waals surface area contributed by atoms with Gasteiger partial charge in [-0.25, -0.2) is 4.39 Å². The molecule has 1 aliphatic carbocycles. The van der Waals surface area contributed by atoms with Gasteiger partial charge in [0.15, 0.2) is 0 Å². The van der Waals surface area contributed by atoms with Gasteiger partial charge in [0.25, 0.3) is 5.91 Å². The minimum absolute atomic E-state index is 0.0792. The fraction of sp³-hybridized carbons (Fsp3) is 0.250. The first kappa shape index (κ1) is 27.5. The molecule has 0 heterocycles. The Morgan fingerprint density at radius 1 is 1.25 bits per heavy atom. The van der Waals surface area contributed by atoms with E-state index < -0.39 is 23.5 Å². The maximum atomic E-state index is 14.4. The first-order valence-corrected chi connectivity index (χ1v) is 12.3. The lowest BCUT2D eigenvalue weighted by Crippen LogP contribution is -2.27. The van der Waals surface area contributed by atoms with Crippen molar-refractivity contribution in [1.82, 2.24) is 5.32 Å². The van der Waals surface area contributed by atoms with Crippen molar-refractivity contribution in [3.8, 4) is 11.1 Å². The number of hydrogen-bond acceptors (Lipinski definition) is 3. The maximum absolute atomic E-state index is 14.4. The van der Waals surface area contributed by atoms with Gasteiger partial charge in [0.1, 0.15) is 5.82 Å². The molecule has 3 nitrogen and oxygen atoms in total. The van der Waals surface area contributed by atoms with Gasteiger partial charge in [-0.05, 0) is 47.7 Å². The molecule has 1 N–H and O–H groups in total. The van der Waals surface area contributed by atoms with Gasteiger partial charge < -0.3 is 10.1 Å². The van der Waals surface area contributed by atoms with Crippen molar-refractivity contribution in [1.29, 1.82) is 0 Å². The number of alkyl halides is 3. The molecule has 0 saturated carbocycles. The third-order valence-corrected chi connectivity index (χ3v) is 6.65. The van der Waals surface area contributed by atoms with Gasteiger partial charge in [0.05, 0.1) is 17.7 Å². The minimum atomic E-state index is -4.40. The van der Waals surface area contributed by atoms with E-state index in [1.54, 1.807) is 18.2 Å². The Bertz CT molecular complexity index is 1200. The zero-order valence-corrected chi connectivity index (χ0v) is 20.6. The third kappa shape index (κ3) is 7.21. The molecule has 190 valence electrons. The van der Waals surface area contributed by atoms with Crippen molar-refractivity contribution in [2.24, 2.45) is 0 Å². The van der Waals surface area contributed by atoms with Crippen molar-refractivity contribution < 1.29 is 27.1 Å². The number of halogens is 4. The van der Waals surface area contributed by atoms with Crippen LogP contribution in [-0.4, -0.2) is 38.1 Å². The third-order valence-electron chi connectivity index (χ3n) is 5.50. The molecule has 0 atom stereocenters. The van der Waals surface area contributed by atoms with Crippen LogP contribution in [0.5, 0.6) is 0 Å². The van der Waals surface area contributed by atoms with Crippen LogP contribution in [0.1, 0.15) is 28.8 Å². The van der Waals surface area contributed by atoms with Crippen LogP contribution in [0, 0.1) is 5.82 Å². The summed E-state index contributed by atoms with van der Waals surface area (Å²) in [7, 11) is 1.51. The number of carbonyl (C=O) groups is 1. The van der Waals surface area contributed by atoms with Crippen LogP contribution in [-0.2, 0) is 4.74 Å². The summed E-state index contributed by atoms with van der Waals surface area (Å²) in [5.41, 5.74) is 2.16. The van der Waals surface area contributed by atoms with Crippen LogP contribution in [0.4, 0.5) is 17.6 Å². The topological polar surface area (TPSA) is 38.3 Å². The summed E-state index contributed by atoms with van der Waals surface area (Å²) < 4.78 is 59.0. The quantitative estimate of drug-likeness (QED) is 0.203. The van der Waals surface area contributed by atoms with Crippen LogP contribution in [0.15, 0.2) is 83.3 Å². The van der Waals surface area contributed by atoms with Crippen molar-refractivity contribution in [3.63, 3.8) is 0 Å². The highest BCUT2D eigenvalue weighted by Crippen LogP contribution is 2.37. The average Bonchev–Trinajstić information content (AvgIpc) is 3.10. The highest BCUT2D eigenvalue weighted by Gasteiger charge is 2.32. The second-order valence-electron chi connectivity index (χ2n) is 7.98. The summed E-state index contributed by atoms with van der Waals surface area (Å²) in [6, 6.07) is 9.95. The summed E-state index contributed by atoms with van der Waals surface area (Å²) in [5.74, 6) is -0.651. The predicted molar refractivity (Wildman–Crippen MR) is 137 cm³/mol. The highest BCUT2D eigenvalue weighted by atomic mass is 32.2. The van der Waals surface area contributed by atoms with E-state index in [0.29, 0.717) is 36.3 Å². The number of ether oxygens (including phenoxy) is 1. The summed E-state index contributed by atoms with van der Waals surface area (Å²) in [6.45, 7) is 4.43. The Morgan fingerprint density at radius 3 is 2.78 bits per heavy atom. The zero-order chi connectivity index (χ0) is 26.1. The molecule has 2 aromatic carbocycles. The fourth-order valence-electron chi connectivity index (χ4n) is 3.68. The van der Waals surface area contributed by atoms with Gasteiger partial charge in [-0.15, -0.1) is 11.8 Å². The molecule has 1 amide bonds. The molecule has 8 heteroatoms. The fourth-order valence-corrected chi connectivity index (χ4v) is 4.88. The Morgan fingerprint density at radius 2 is 2.06 bits per heavy atom. The van der Waals surface area contributed by atoms with Crippen molar-refractivity contribution in [3.05, 3.63) is 95.4 Å². The van der Waals surface area contributed by atoms with Crippen molar-refractivity contribution in [2.45, 2.75) is 23.9 Å². The summed E-state index contributed by atoms with van der Waals surface area (Å²) in [4.78, 5) is 13.3. The number of carbonyl (C=O) groups excluding carboxylic acids is 1. The number of benzene rings is 2. The monoisotopic (exact) mass is 517 g/mol. The normalized spacial score (nSPS) is 13.6. The van der Waals surface area contributed by atoms with Crippen LogP contribution in [0.3, 0.4) is 0 Å². The van der Waals surface area contributed by atoms with Crippen molar-refractivity contribution in [2.75, 3.05) is 26.0 Å². The number of amides is 1. The largest absolute Gasteiger partial charge is 0.416 e. The summed E-state index contributed by atoms with van der Waals surface area (Å²) in [5, 5.41) is 2.62. The molecule has 0 aliphatic heterocycles. The molecule has 0 saturated heterocycles. The number of nitrogens with one attached hydrogen (secondary N) is 1. The molecule has 0 spiro atoms. The lowest BCUT2D eigenvalue weighted by atomic mass is 10.00. The second kappa shape index (κ2) is 12.7. The maximum Gasteiger partial charge on any atom is 0.416 e. The van der Waals surface area contributed by atoms with E-state index in [2.05, 4.69) is 11.9 Å². The van der Waals surface area contributed by atoms with Gasteiger partial charge in [0, 0.05) is 24.3 Å². The molecule has 0 fully saturated rings. The van der Waals surface area contributed by atoms with Crippen LogP contribution >= 0.6 is 11.8 Å². The standard InChI is InChI=1S/C28H27F4NO2S/c1-3-20-8-6-10-23(21-11-12-25(29)24(18-21)27(34)33-14-15-35-2)26(20)36-16-13-19-7-4-5-9-22(17-19)28(30,31)32/h3,5-12,17-18H,1,4,13-16H2,2H3,(H,33,34). The Labute approximate surface area is 212 Å². The number of allylic oxidation sites excluding steroid dienone is 6. The van der Waals surface area contributed by atoms with E-state index in [0.717, 1.165) is 22.1 Å². The van der Waals surface area contributed by atoms with Crippen LogP contribution < -0.4 is 5.32 Å². The van der Waals surface area contributed by atoms with E-state index in [1.807, 2.05) is 18.2 Å². The van der Waals surface area contributed by atoms with Crippen molar-refractivity contribution >= 4 is 23.7 Å². The number of rotatable bonds is 10. The molecule has 36 heavy (non-hydrogen) atoms. The molecule has 0 bridgehead atoms. The molecule has 0 radical (unpaired) electrons. The molecule has 2 aromatic rings. The first-order valence-electron chi connectivity index (χ1n) is 11.3. The van der Waals surface area contributed by atoms with E-state index >= 15 is 0 Å². The van der Waals surface area contributed by atoms with E-state index in [-0.39, 0.29) is 12.1 Å². The van der Waals surface area contributed by atoms with E-state index in [4.69, 9.17) is 4.74 Å². The lowest BCUT2D eigenvalue weighted by molar-refractivity contribution is -0.0882. The molecule has 0 aromatic heterocycles. The Balaban J connectivity index is 1.84. The predicted octanol–water partition coefficient (Wildman–Crippen LogP) is 7.37. The summed E-state index contributed by atoms with van der Waals surface area (Å²) in [6.07, 6.45) is 3.78. The molecule has 0 unspecified atom stereocenters. The number of methoxy groups -OCH3 is 1. The second-order valence-corrected chi connectivity index (χ2v) is 9.09. The van der Waals surface area contributed by atoms with E-state index in [9.17, 15) is 22.4 Å². The van der Waals surface area contributed by atoms with Gasteiger partial charge >= 0.3 is 6.18 Å². The average molecular weight is 518 g/mol. The molecular formula is C28H27F4NO2S. The summed E-state index contributed by atoms with van der Waals surface area (Å²) >= 11 is 1.48. The Kier molecular flexibility index (Phi) is 9.73. The van der Waals surface area contributed by atoms with Crippen LogP contribution in [0.2, 0.25) is 0 Å². The van der Waals surface area contributed by atoms with Gasteiger partial charge in [0.2, 0.25) is 0 Å². The van der Waals surface area contributed by atoms with Crippen LogP contribution in [0.25, 0.3) is 17.2 Å². The number of hydrogen-bond donors (Lipinski definition) is 1. The number of thioether (sulfide) groups is 1. The molecular weight excluding hydrogens is 490 g/mol. The molecule has 1 aliphatic rings. The lowest BCUT2D eigenvalue weighted by Gasteiger charge is -2.15. The first-order chi connectivity index (χ1) is 17.2. The van der Waals surface area contributed by atoms with Gasteiger partial charge in [-0.1, -0.05) is 60.7 Å². The highest BCUT2D eigenvalue weighted by molar-refractivity contribution is 7.99. The van der Waals surface area contributed by atoms with Gasteiger partial charge in [-0.3, -0.25) is 4.79 Å². The van der Waals surface area contributed by atoms with Gasteiger partial charge in [-0.2, -0.15) is 13.2 Å². The SMILES string of the molecule is C=Cc1cccc(-c2ccc(F)c(C(=O)NCCOC)c2)c1SCCC1=CCC=CC(C(F)(F)F)=C1. The van der Waals surface area contributed by atoms with E-state index in [1.165, 1.54) is 43.2 Å².